The molecule has 0 amide bonds. The zero-order valence-electron chi connectivity index (χ0n) is 39.6. The van der Waals surface area contributed by atoms with Gasteiger partial charge < -0.3 is 9.80 Å². The van der Waals surface area contributed by atoms with Crippen molar-refractivity contribution in [2.45, 2.75) is 162 Å². The van der Waals surface area contributed by atoms with E-state index in [-0.39, 0.29) is 39.2 Å². The average Bonchev–Trinajstić information content (AvgIpc) is 3.55. The number of anilines is 6. The van der Waals surface area contributed by atoms with Crippen molar-refractivity contribution in [2.75, 3.05) is 9.80 Å². The second-order valence-corrected chi connectivity index (χ2v) is 25.3. The molecule has 11 rings (SSSR count). The van der Waals surface area contributed by atoms with E-state index in [1.54, 1.807) is 11.1 Å². The average molecular weight is 821 g/mol. The van der Waals surface area contributed by atoms with Crippen LogP contribution in [-0.4, -0.2) is 6.71 Å². The molecule has 0 spiro atoms. The molecule has 0 radical (unpaired) electrons. The Morgan fingerprint density at radius 3 is 1.72 bits per heavy atom. The zero-order valence-corrected chi connectivity index (χ0v) is 40.5. The van der Waals surface area contributed by atoms with E-state index in [9.17, 15) is 0 Å². The van der Waals surface area contributed by atoms with Crippen LogP contribution in [0.1, 0.15) is 166 Å². The van der Waals surface area contributed by atoms with Crippen LogP contribution in [0.15, 0.2) is 72.8 Å². The van der Waals surface area contributed by atoms with Gasteiger partial charge in [0.05, 0.1) is 11.4 Å². The molecule has 4 heteroatoms. The van der Waals surface area contributed by atoms with Gasteiger partial charge in [-0.2, -0.15) is 0 Å². The molecular weight excluding hydrogens is 756 g/mol. The fourth-order valence-electron chi connectivity index (χ4n) is 12.5. The summed E-state index contributed by atoms with van der Waals surface area (Å²) < 4.78 is 2.92. The summed E-state index contributed by atoms with van der Waals surface area (Å²) in [6.07, 6.45) is 4.75. The van der Waals surface area contributed by atoms with Crippen molar-refractivity contribution in [3.8, 4) is 0 Å². The van der Waals surface area contributed by atoms with Crippen molar-refractivity contribution in [3.63, 3.8) is 0 Å². The second kappa shape index (κ2) is 12.0. The number of aryl methyl sites for hydroxylation is 2. The minimum atomic E-state index is -0.0841. The first-order valence-corrected chi connectivity index (χ1v) is 24.0. The first kappa shape index (κ1) is 39.6. The Morgan fingerprint density at radius 1 is 0.541 bits per heavy atom. The van der Waals surface area contributed by atoms with Gasteiger partial charge in [-0.15, -0.1) is 11.3 Å². The molecule has 4 heterocycles. The Morgan fingerprint density at radius 2 is 1.10 bits per heavy atom. The van der Waals surface area contributed by atoms with Crippen LogP contribution in [0.4, 0.5) is 34.1 Å². The maximum Gasteiger partial charge on any atom is 0.264 e. The summed E-state index contributed by atoms with van der Waals surface area (Å²) in [5.74, 6) is 0. The molecule has 1 aromatic heterocycles. The highest BCUT2D eigenvalue weighted by atomic mass is 32.1. The van der Waals surface area contributed by atoms with E-state index < -0.39 is 0 Å². The smallest absolute Gasteiger partial charge is 0.264 e. The summed E-state index contributed by atoms with van der Waals surface area (Å²) in [5.41, 5.74) is 24.6. The quantitative estimate of drug-likeness (QED) is 0.152. The standard InChI is InChI=1S/C57H65BN2S/c1-32-26-44-48-45(27-32)60-43-21-17-35(53(6,7)8)29-40(43)57(15)25-24-54(9,10)37-18-19-41(50(60)47(37)57)58(48)51-49(59(44)42-20-16-34(28-33(42)2)52(3,4)5)36-30-38-39(31-46(36)61-51)56(13,14)23-22-55(38,11)12/h16-21,26-31H,22-25H2,1-15H3. The van der Waals surface area contributed by atoms with Gasteiger partial charge in [-0.3, -0.25) is 0 Å². The second-order valence-electron chi connectivity index (χ2n) is 24.2. The Balaban J connectivity index is 1.28. The van der Waals surface area contributed by atoms with Crippen LogP contribution in [-0.2, 0) is 32.5 Å². The van der Waals surface area contributed by atoms with Crippen LogP contribution in [0, 0.1) is 13.8 Å². The number of nitrogens with zero attached hydrogens (tertiary/aromatic N) is 2. The van der Waals surface area contributed by atoms with E-state index in [0.29, 0.717) is 0 Å². The molecule has 5 aliphatic rings. The molecule has 1 atom stereocenters. The Kier molecular flexibility index (Phi) is 7.81. The van der Waals surface area contributed by atoms with E-state index in [1.165, 1.54) is 118 Å². The molecule has 6 aromatic rings. The van der Waals surface area contributed by atoms with E-state index in [0.717, 1.165) is 6.42 Å². The molecule has 312 valence electrons. The molecular formula is C57H65BN2S. The van der Waals surface area contributed by atoms with Gasteiger partial charge in [0.1, 0.15) is 0 Å². The van der Waals surface area contributed by atoms with E-state index >= 15 is 0 Å². The molecule has 0 saturated heterocycles. The fourth-order valence-corrected chi connectivity index (χ4v) is 13.8. The fraction of sp³-hybridized carbons (Fsp3) is 0.439. The molecule has 0 N–H and O–H groups in total. The lowest BCUT2D eigenvalue weighted by Gasteiger charge is -2.54. The predicted octanol–water partition coefficient (Wildman–Crippen LogP) is 14.2. The number of hydrogen-bond donors (Lipinski definition) is 0. The van der Waals surface area contributed by atoms with Crippen molar-refractivity contribution < 1.29 is 0 Å². The third-order valence-electron chi connectivity index (χ3n) is 16.5. The highest BCUT2D eigenvalue weighted by Gasteiger charge is 2.54. The van der Waals surface area contributed by atoms with Gasteiger partial charge in [0.2, 0.25) is 0 Å². The number of thiophene rings is 1. The first-order valence-electron chi connectivity index (χ1n) is 23.2. The molecule has 0 bridgehead atoms. The third-order valence-corrected chi connectivity index (χ3v) is 17.7. The van der Waals surface area contributed by atoms with Crippen LogP contribution >= 0.6 is 11.3 Å². The van der Waals surface area contributed by atoms with Crippen LogP contribution in [0.3, 0.4) is 0 Å². The number of fused-ring (bicyclic) bond motifs is 10. The Hall–Kier alpha value is -4.28. The highest BCUT2D eigenvalue weighted by Crippen LogP contribution is 2.62. The van der Waals surface area contributed by atoms with E-state index in [2.05, 4.69) is 198 Å². The Labute approximate surface area is 370 Å². The summed E-state index contributed by atoms with van der Waals surface area (Å²) in [4.78, 5) is 5.47. The largest absolute Gasteiger partial charge is 0.311 e. The summed E-state index contributed by atoms with van der Waals surface area (Å²) in [5, 5.41) is 1.41. The van der Waals surface area contributed by atoms with E-state index in [4.69, 9.17) is 0 Å². The molecule has 3 aliphatic heterocycles. The van der Waals surface area contributed by atoms with Crippen LogP contribution < -0.4 is 25.5 Å². The van der Waals surface area contributed by atoms with Crippen molar-refractivity contribution >= 4 is 78.0 Å². The number of benzene rings is 5. The summed E-state index contributed by atoms with van der Waals surface area (Å²) in [6.45, 7) is 36.4. The van der Waals surface area contributed by atoms with Crippen molar-refractivity contribution in [2.24, 2.45) is 0 Å². The maximum atomic E-state index is 2.75. The molecule has 0 fully saturated rings. The van der Waals surface area contributed by atoms with Gasteiger partial charge >= 0.3 is 0 Å². The summed E-state index contributed by atoms with van der Waals surface area (Å²) >= 11 is 2.08. The molecule has 0 saturated carbocycles. The van der Waals surface area contributed by atoms with Crippen molar-refractivity contribution in [3.05, 3.63) is 123 Å². The normalized spacial score (nSPS) is 21.1. The van der Waals surface area contributed by atoms with Gasteiger partial charge in [-0.05, 0) is 164 Å². The van der Waals surface area contributed by atoms with Crippen LogP contribution in [0.2, 0.25) is 0 Å². The van der Waals surface area contributed by atoms with Crippen LogP contribution in [0.25, 0.3) is 10.1 Å². The predicted molar refractivity (Wildman–Crippen MR) is 267 cm³/mol. The van der Waals surface area contributed by atoms with Gasteiger partial charge in [-0.25, -0.2) is 0 Å². The zero-order chi connectivity index (χ0) is 43.3. The molecule has 1 unspecified atom stereocenters. The Bertz CT molecular complexity index is 2920. The summed E-state index contributed by atoms with van der Waals surface area (Å²) in [7, 11) is 0. The lowest BCUT2D eigenvalue weighted by atomic mass is 9.35. The summed E-state index contributed by atoms with van der Waals surface area (Å²) in [6, 6.07) is 30.3. The molecule has 61 heavy (non-hydrogen) atoms. The lowest BCUT2D eigenvalue weighted by Crippen LogP contribution is -2.62. The lowest BCUT2D eigenvalue weighted by molar-refractivity contribution is 0.332. The minimum Gasteiger partial charge on any atom is -0.311 e. The van der Waals surface area contributed by atoms with Gasteiger partial charge in [0.15, 0.2) is 0 Å². The van der Waals surface area contributed by atoms with Gasteiger partial charge in [0, 0.05) is 43.0 Å². The molecule has 2 aliphatic carbocycles. The van der Waals surface area contributed by atoms with E-state index in [1.807, 2.05) is 0 Å². The first-order chi connectivity index (χ1) is 28.4. The van der Waals surface area contributed by atoms with Gasteiger partial charge in [0.25, 0.3) is 6.71 Å². The number of rotatable bonds is 1. The SMILES string of the molecule is Cc1cc2c3c(c1)N(c1ccc(C(C)(C)C)cc1C)c1c(sc4cc5c(cc14)C(C)(C)CCC5(C)C)B3c1ccc3c4c1N2c1ccc(C(C)(C)C)cc1C4(C)CCC3(C)C. The maximum absolute atomic E-state index is 2.75. The highest BCUT2D eigenvalue weighted by molar-refractivity contribution is 7.33. The third kappa shape index (κ3) is 5.27. The van der Waals surface area contributed by atoms with Gasteiger partial charge in [-0.1, -0.05) is 126 Å². The van der Waals surface area contributed by atoms with Crippen LogP contribution in [0.5, 0.6) is 0 Å². The number of hydrogen-bond acceptors (Lipinski definition) is 3. The van der Waals surface area contributed by atoms with Crippen molar-refractivity contribution in [1.82, 2.24) is 0 Å². The minimum absolute atomic E-state index is 0.0574. The molecule has 5 aromatic carbocycles. The topological polar surface area (TPSA) is 6.48 Å². The monoisotopic (exact) mass is 820 g/mol. The molecule has 2 nitrogen and oxygen atoms in total. The van der Waals surface area contributed by atoms with Crippen molar-refractivity contribution in [1.29, 1.82) is 0 Å².